The van der Waals surface area contributed by atoms with E-state index in [4.69, 9.17) is 9.84 Å². The Labute approximate surface area is 116 Å². The summed E-state index contributed by atoms with van der Waals surface area (Å²) in [5, 5.41) is 15.9. The maximum atomic E-state index is 12.2. The Morgan fingerprint density at radius 2 is 2.25 bits per heavy atom. The number of hydrogen-bond donors (Lipinski definition) is 1. The second-order valence-corrected chi connectivity index (χ2v) is 5.57. The van der Waals surface area contributed by atoms with Gasteiger partial charge in [0.15, 0.2) is 5.69 Å². The third-order valence-corrected chi connectivity index (χ3v) is 2.98. The molecule has 1 unspecified atom stereocenters. The lowest BCUT2D eigenvalue weighted by Gasteiger charge is -2.41. The van der Waals surface area contributed by atoms with Crippen LogP contribution in [0.15, 0.2) is 6.20 Å². The van der Waals surface area contributed by atoms with Gasteiger partial charge in [-0.1, -0.05) is 5.21 Å². The van der Waals surface area contributed by atoms with Crippen LogP contribution in [0.5, 0.6) is 0 Å². The molecule has 1 fully saturated rings. The average Bonchev–Trinajstić information content (AvgIpc) is 2.74. The lowest BCUT2D eigenvalue weighted by molar-refractivity contribution is -0.158. The van der Waals surface area contributed by atoms with Gasteiger partial charge in [-0.3, -0.25) is 4.79 Å². The Balaban J connectivity index is 2.02. The van der Waals surface area contributed by atoms with Crippen molar-refractivity contribution in [3.63, 3.8) is 0 Å². The van der Waals surface area contributed by atoms with Gasteiger partial charge in [-0.25, -0.2) is 9.48 Å². The first-order valence-corrected chi connectivity index (χ1v) is 6.36. The smallest absolute Gasteiger partial charge is 0.358 e. The molecule has 20 heavy (non-hydrogen) atoms. The number of carboxylic acid groups (broad SMARTS) is 1. The Kier molecular flexibility index (Phi) is 3.76. The van der Waals surface area contributed by atoms with E-state index in [-0.39, 0.29) is 29.9 Å². The van der Waals surface area contributed by atoms with E-state index in [1.807, 2.05) is 20.8 Å². The van der Waals surface area contributed by atoms with Gasteiger partial charge in [0.2, 0.25) is 5.91 Å². The van der Waals surface area contributed by atoms with Crippen LogP contribution in [-0.2, 0) is 16.1 Å². The molecule has 2 rings (SSSR count). The highest BCUT2D eigenvalue weighted by Gasteiger charge is 2.33. The number of nitrogens with zero attached hydrogens (tertiary/aromatic N) is 4. The predicted molar refractivity (Wildman–Crippen MR) is 68.2 cm³/mol. The molecule has 0 aromatic carbocycles. The number of rotatable bonds is 3. The Morgan fingerprint density at radius 1 is 1.55 bits per heavy atom. The summed E-state index contributed by atoms with van der Waals surface area (Å²) in [6.07, 6.45) is 1.21. The highest BCUT2D eigenvalue weighted by atomic mass is 16.5. The number of carboxylic acids is 1. The average molecular weight is 282 g/mol. The first-order chi connectivity index (χ1) is 9.27. The normalized spacial score (nSPS) is 21.8. The minimum absolute atomic E-state index is 0.0247. The van der Waals surface area contributed by atoms with Gasteiger partial charge in [-0.05, 0) is 20.8 Å². The van der Waals surface area contributed by atoms with E-state index in [2.05, 4.69) is 10.3 Å². The van der Waals surface area contributed by atoms with Crippen LogP contribution in [0, 0.1) is 0 Å². The number of amides is 1. The fourth-order valence-electron chi connectivity index (χ4n) is 2.36. The van der Waals surface area contributed by atoms with Crippen molar-refractivity contribution in [2.75, 3.05) is 13.1 Å². The molecule has 1 aliphatic rings. The third-order valence-electron chi connectivity index (χ3n) is 2.98. The molecule has 2 heterocycles. The molecule has 8 nitrogen and oxygen atoms in total. The topological polar surface area (TPSA) is 97.6 Å². The van der Waals surface area contributed by atoms with Gasteiger partial charge in [0, 0.05) is 13.1 Å². The molecule has 1 aromatic heterocycles. The lowest BCUT2D eigenvalue weighted by Crippen LogP contribution is -2.54. The Bertz CT molecular complexity index is 525. The minimum Gasteiger partial charge on any atom is -0.476 e. The number of aromatic nitrogens is 3. The van der Waals surface area contributed by atoms with Crippen molar-refractivity contribution in [1.82, 2.24) is 19.9 Å². The van der Waals surface area contributed by atoms with Crippen LogP contribution in [0.2, 0.25) is 0 Å². The van der Waals surface area contributed by atoms with Crippen LogP contribution >= 0.6 is 0 Å². The van der Waals surface area contributed by atoms with E-state index < -0.39 is 5.97 Å². The summed E-state index contributed by atoms with van der Waals surface area (Å²) in [7, 11) is 0. The number of ether oxygens (including phenoxy) is 1. The fraction of sp³-hybridized carbons (Fsp3) is 0.667. The quantitative estimate of drug-likeness (QED) is 0.838. The second kappa shape index (κ2) is 5.20. The first kappa shape index (κ1) is 14.4. The van der Waals surface area contributed by atoms with Crippen LogP contribution in [0.3, 0.4) is 0 Å². The van der Waals surface area contributed by atoms with Gasteiger partial charge in [0.05, 0.1) is 17.9 Å². The molecule has 0 saturated carbocycles. The maximum absolute atomic E-state index is 12.2. The van der Waals surface area contributed by atoms with E-state index in [0.717, 1.165) is 0 Å². The first-order valence-electron chi connectivity index (χ1n) is 6.36. The summed E-state index contributed by atoms with van der Waals surface area (Å²) in [6.45, 7) is 6.77. The van der Waals surface area contributed by atoms with Crippen LogP contribution in [0.4, 0.5) is 0 Å². The number of hydrogen-bond acceptors (Lipinski definition) is 5. The number of aromatic carboxylic acids is 1. The summed E-state index contributed by atoms with van der Waals surface area (Å²) in [6, 6.07) is 0. The molecular weight excluding hydrogens is 264 g/mol. The molecule has 1 saturated heterocycles. The van der Waals surface area contributed by atoms with Crippen LogP contribution in [-0.4, -0.2) is 61.7 Å². The molecule has 8 heteroatoms. The summed E-state index contributed by atoms with van der Waals surface area (Å²) in [5.74, 6) is -1.29. The maximum Gasteiger partial charge on any atom is 0.358 e. The lowest BCUT2D eigenvalue weighted by atomic mass is 10.1. The van der Waals surface area contributed by atoms with Gasteiger partial charge >= 0.3 is 5.97 Å². The molecule has 1 atom stereocenters. The Morgan fingerprint density at radius 3 is 2.80 bits per heavy atom. The van der Waals surface area contributed by atoms with Gasteiger partial charge in [0.1, 0.15) is 6.54 Å². The largest absolute Gasteiger partial charge is 0.476 e. The van der Waals surface area contributed by atoms with Gasteiger partial charge in [-0.2, -0.15) is 0 Å². The van der Waals surface area contributed by atoms with E-state index in [1.165, 1.54) is 10.9 Å². The molecule has 1 N–H and O–H groups in total. The predicted octanol–water partition coefficient (Wildman–Crippen LogP) is 0.00220. The summed E-state index contributed by atoms with van der Waals surface area (Å²) in [4.78, 5) is 24.6. The van der Waals surface area contributed by atoms with Crippen molar-refractivity contribution >= 4 is 11.9 Å². The molecule has 0 aliphatic carbocycles. The molecule has 0 bridgehead atoms. The summed E-state index contributed by atoms with van der Waals surface area (Å²) >= 11 is 0. The number of carbonyl (C=O) groups is 2. The molecule has 1 aliphatic heterocycles. The zero-order chi connectivity index (χ0) is 14.9. The monoisotopic (exact) mass is 282 g/mol. The van der Waals surface area contributed by atoms with Crippen LogP contribution < -0.4 is 0 Å². The highest BCUT2D eigenvalue weighted by Crippen LogP contribution is 2.20. The Hall–Kier alpha value is -1.96. The molecule has 1 amide bonds. The SMILES string of the molecule is CC1CN(C(=O)Cn2cc(C(=O)O)nn2)CC(C)(C)O1. The van der Waals surface area contributed by atoms with Crippen molar-refractivity contribution in [3.05, 3.63) is 11.9 Å². The van der Waals surface area contributed by atoms with E-state index >= 15 is 0 Å². The standard InChI is InChI=1S/C12H18N4O4/c1-8-4-15(7-12(2,3)20-8)10(17)6-16-5-9(11(18)19)13-14-16/h5,8H,4,6-7H2,1-3H3,(H,18,19). The molecule has 110 valence electrons. The highest BCUT2D eigenvalue weighted by molar-refractivity contribution is 5.84. The molecule has 1 aromatic rings. The molecular formula is C12H18N4O4. The van der Waals surface area contributed by atoms with E-state index in [0.29, 0.717) is 13.1 Å². The number of morpholine rings is 1. The van der Waals surface area contributed by atoms with E-state index in [9.17, 15) is 9.59 Å². The van der Waals surface area contributed by atoms with Crippen molar-refractivity contribution in [2.45, 2.75) is 39.0 Å². The zero-order valence-corrected chi connectivity index (χ0v) is 11.7. The van der Waals surface area contributed by atoms with Gasteiger partial charge < -0.3 is 14.7 Å². The van der Waals surface area contributed by atoms with Gasteiger partial charge in [0.25, 0.3) is 0 Å². The van der Waals surface area contributed by atoms with Crippen LogP contribution in [0.1, 0.15) is 31.3 Å². The summed E-state index contributed by atoms with van der Waals surface area (Å²) < 4.78 is 6.97. The van der Waals surface area contributed by atoms with Crippen molar-refractivity contribution in [1.29, 1.82) is 0 Å². The van der Waals surface area contributed by atoms with E-state index in [1.54, 1.807) is 4.90 Å². The van der Waals surface area contributed by atoms with Gasteiger partial charge in [-0.15, -0.1) is 5.10 Å². The fourth-order valence-corrected chi connectivity index (χ4v) is 2.36. The third kappa shape index (κ3) is 3.32. The van der Waals surface area contributed by atoms with Crippen LogP contribution in [0.25, 0.3) is 0 Å². The van der Waals surface area contributed by atoms with Crippen molar-refractivity contribution in [3.8, 4) is 0 Å². The summed E-state index contributed by atoms with van der Waals surface area (Å²) in [5.41, 5.74) is -0.560. The molecule has 0 radical (unpaired) electrons. The van der Waals surface area contributed by atoms with Crippen molar-refractivity contribution < 1.29 is 19.4 Å². The second-order valence-electron chi connectivity index (χ2n) is 5.57. The minimum atomic E-state index is -1.16. The zero-order valence-electron chi connectivity index (χ0n) is 11.7. The number of carbonyl (C=O) groups excluding carboxylic acids is 1. The van der Waals surface area contributed by atoms with Crippen molar-refractivity contribution in [2.24, 2.45) is 0 Å². The molecule has 0 spiro atoms.